The molecule has 0 fully saturated rings. The van der Waals surface area contributed by atoms with Crippen LogP contribution in [0.2, 0.25) is 0 Å². The van der Waals surface area contributed by atoms with Crippen LogP contribution in [0.4, 0.5) is 0 Å². The lowest BCUT2D eigenvalue weighted by atomic mass is 9.99. The van der Waals surface area contributed by atoms with Gasteiger partial charge in [0.25, 0.3) is 10.1 Å². The second kappa shape index (κ2) is 3.89. The van der Waals surface area contributed by atoms with Crippen LogP contribution in [0, 0.1) is 5.92 Å². The Kier molecular flexibility index (Phi) is 3.62. The maximum absolute atomic E-state index is 10.7. The van der Waals surface area contributed by atoms with E-state index in [-0.39, 0.29) is 5.57 Å². The molecule has 2 unspecified atom stereocenters. The standard InChI is InChI=1S/C7H13NO4S/c1-4(5(2)7(8)9)6(3)13(10,11)12/h4,6H,2H2,1,3H3,(H2,8,9)(H,10,11,12). The van der Waals surface area contributed by atoms with Crippen molar-refractivity contribution in [3.8, 4) is 0 Å². The fraction of sp³-hybridized carbons (Fsp3) is 0.571. The van der Waals surface area contributed by atoms with E-state index in [2.05, 4.69) is 6.58 Å². The van der Waals surface area contributed by atoms with E-state index >= 15 is 0 Å². The summed E-state index contributed by atoms with van der Waals surface area (Å²) >= 11 is 0. The third-order valence-corrected chi connectivity index (χ3v) is 3.39. The van der Waals surface area contributed by atoms with Crippen LogP contribution in [-0.2, 0) is 14.9 Å². The molecule has 0 aromatic rings. The van der Waals surface area contributed by atoms with Crippen molar-refractivity contribution in [1.82, 2.24) is 0 Å². The molecule has 0 aliphatic heterocycles. The first-order valence-electron chi connectivity index (χ1n) is 3.62. The van der Waals surface area contributed by atoms with Gasteiger partial charge in [0.05, 0.1) is 5.25 Å². The molecule has 76 valence electrons. The van der Waals surface area contributed by atoms with Gasteiger partial charge in [-0.25, -0.2) is 0 Å². The quantitative estimate of drug-likeness (QED) is 0.498. The molecule has 13 heavy (non-hydrogen) atoms. The molecular weight excluding hydrogens is 194 g/mol. The van der Waals surface area contributed by atoms with Crippen LogP contribution in [0.3, 0.4) is 0 Å². The molecule has 0 aliphatic rings. The number of hydrogen-bond donors (Lipinski definition) is 2. The molecule has 6 heteroatoms. The Balaban J connectivity index is 4.73. The topological polar surface area (TPSA) is 97.5 Å². The van der Waals surface area contributed by atoms with Crippen molar-refractivity contribution in [3.05, 3.63) is 12.2 Å². The zero-order valence-corrected chi connectivity index (χ0v) is 8.34. The Morgan fingerprint density at radius 3 is 2.08 bits per heavy atom. The van der Waals surface area contributed by atoms with Crippen molar-refractivity contribution >= 4 is 16.0 Å². The molecule has 0 rings (SSSR count). The average molecular weight is 207 g/mol. The van der Waals surface area contributed by atoms with Gasteiger partial charge in [0.2, 0.25) is 5.91 Å². The molecule has 0 bridgehead atoms. The van der Waals surface area contributed by atoms with Gasteiger partial charge in [-0.15, -0.1) is 0 Å². The lowest BCUT2D eigenvalue weighted by Crippen LogP contribution is -2.30. The van der Waals surface area contributed by atoms with Crippen LogP contribution in [0.25, 0.3) is 0 Å². The van der Waals surface area contributed by atoms with E-state index in [0.717, 1.165) is 0 Å². The van der Waals surface area contributed by atoms with Gasteiger partial charge >= 0.3 is 0 Å². The summed E-state index contributed by atoms with van der Waals surface area (Å²) in [5, 5.41) is -1.08. The number of amides is 1. The van der Waals surface area contributed by atoms with E-state index in [0.29, 0.717) is 0 Å². The monoisotopic (exact) mass is 207 g/mol. The van der Waals surface area contributed by atoms with Crippen molar-refractivity contribution in [1.29, 1.82) is 0 Å². The first kappa shape index (κ1) is 12.1. The number of nitrogens with two attached hydrogens (primary N) is 1. The lowest BCUT2D eigenvalue weighted by molar-refractivity contribution is -0.115. The first-order valence-corrected chi connectivity index (χ1v) is 5.13. The van der Waals surface area contributed by atoms with Crippen LogP contribution in [-0.4, -0.2) is 24.1 Å². The van der Waals surface area contributed by atoms with Gasteiger partial charge in [-0.05, 0) is 6.92 Å². The average Bonchev–Trinajstić information content (AvgIpc) is 1.98. The highest BCUT2D eigenvalue weighted by molar-refractivity contribution is 7.86. The number of hydrogen-bond acceptors (Lipinski definition) is 3. The first-order chi connectivity index (χ1) is 5.68. The summed E-state index contributed by atoms with van der Waals surface area (Å²) in [4.78, 5) is 10.6. The van der Waals surface area contributed by atoms with Gasteiger partial charge in [0.15, 0.2) is 0 Å². The maximum atomic E-state index is 10.7. The van der Waals surface area contributed by atoms with E-state index in [1.165, 1.54) is 13.8 Å². The summed E-state index contributed by atoms with van der Waals surface area (Å²) in [5.74, 6) is -1.45. The molecular formula is C7H13NO4S. The summed E-state index contributed by atoms with van der Waals surface area (Å²) in [6.07, 6.45) is 0. The molecule has 5 nitrogen and oxygen atoms in total. The van der Waals surface area contributed by atoms with Crippen molar-refractivity contribution in [2.24, 2.45) is 11.7 Å². The molecule has 3 N–H and O–H groups in total. The zero-order chi connectivity index (χ0) is 10.8. The van der Waals surface area contributed by atoms with Crippen LogP contribution >= 0.6 is 0 Å². The van der Waals surface area contributed by atoms with Crippen LogP contribution in [0.5, 0.6) is 0 Å². The van der Waals surface area contributed by atoms with Gasteiger partial charge in [0, 0.05) is 11.5 Å². The summed E-state index contributed by atoms with van der Waals surface area (Å²) < 4.78 is 30.0. The van der Waals surface area contributed by atoms with Crippen LogP contribution < -0.4 is 5.73 Å². The molecule has 0 heterocycles. The van der Waals surface area contributed by atoms with E-state index in [9.17, 15) is 13.2 Å². The van der Waals surface area contributed by atoms with Crippen LogP contribution in [0.1, 0.15) is 13.8 Å². The van der Waals surface area contributed by atoms with E-state index in [1.807, 2.05) is 0 Å². The van der Waals surface area contributed by atoms with Crippen molar-refractivity contribution in [2.75, 3.05) is 0 Å². The highest BCUT2D eigenvalue weighted by Crippen LogP contribution is 2.17. The Labute approximate surface area is 77.4 Å². The number of carbonyl (C=O) groups is 1. The predicted molar refractivity (Wildman–Crippen MR) is 48.5 cm³/mol. The lowest BCUT2D eigenvalue weighted by Gasteiger charge is -2.17. The summed E-state index contributed by atoms with van der Waals surface area (Å²) in [7, 11) is -4.15. The highest BCUT2D eigenvalue weighted by Gasteiger charge is 2.27. The SMILES string of the molecule is C=C(C(N)=O)C(C)C(C)S(=O)(=O)O. The highest BCUT2D eigenvalue weighted by atomic mass is 32.2. The summed E-state index contributed by atoms with van der Waals surface area (Å²) in [6, 6.07) is 0. The predicted octanol–water partition coefficient (Wildman–Crippen LogP) is -0.0597. The minimum Gasteiger partial charge on any atom is -0.366 e. The van der Waals surface area contributed by atoms with E-state index in [4.69, 9.17) is 10.3 Å². The second-order valence-corrected chi connectivity index (χ2v) is 4.67. The maximum Gasteiger partial charge on any atom is 0.268 e. The minimum absolute atomic E-state index is 0.00914. The zero-order valence-electron chi connectivity index (χ0n) is 7.52. The number of rotatable bonds is 4. The van der Waals surface area contributed by atoms with Gasteiger partial charge in [-0.2, -0.15) is 8.42 Å². The van der Waals surface area contributed by atoms with Crippen LogP contribution in [0.15, 0.2) is 12.2 Å². The molecule has 1 amide bonds. The smallest absolute Gasteiger partial charge is 0.268 e. The molecule has 0 aromatic carbocycles. The van der Waals surface area contributed by atoms with Gasteiger partial charge in [-0.3, -0.25) is 9.35 Å². The molecule has 0 aliphatic carbocycles. The molecule has 0 radical (unpaired) electrons. The van der Waals surface area contributed by atoms with Gasteiger partial charge < -0.3 is 5.73 Å². The largest absolute Gasteiger partial charge is 0.366 e. The Hall–Kier alpha value is -0.880. The third-order valence-electron chi connectivity index (χ3n) is 2.04. The van der Waals surface area contributed by atoms with Gasteiger partial charge in [0.1, 0.15) is 0 Å². The molecule has 0 spiro atoms. The fourth-order valence-corrected chi connectivity index (χ4v) is 1.45. The van der Waals surface area contributed by atoms with E-state index < -0.39 is 27.2 Å². The molecule has 0 saturated heterocycles. The second-order valence-electron chi connectivity index (χ2n) is 2.90. The Morgan fingerprint density at radius 2 is 1.85 bits per heavy atom. The summed E-state index contributed by atoms with van der Waals surface area (Å²) in [6.45, 7) is 6.09. The van der Waals surface area contributed by atoms with E-state index in [1.54, 1.807) is 0 Å². The Bertz CT molecular complexity index is 319. The molecule has 2 atom stereocenters. The van der Waals surface area contributed by atoms with Gasteiger partial charge in [-0.1, -0.05) is 13.5 Å². The minimum atomic E-state index is -4.15. The number of carbonyl (C=O) groups excluding carboxylic acids is 1. The van der Waals surface area contributed by atoms with Crippen molar-refractivity contribution in [2.45, 2.75) is 19.1 Å². The van der Waals surface area contributed by atoms with Crippen molar-refractivity contribution < 1.29 is 17.8 Å². The fourth-order valence-electron chi connectivity index (χ4n) is 0.766. The molecule has 0 aromatic heterocycles. The van der Waals surface area contributed by atoms with Crippen molar-refractivity contribution in [3.63, 3.8) is 0 Å². The molecule has 0 saturated carbocycles. The number of primary amides is 1. The Morgan fingerprint density at radius 1 is 1.46 bits per heavy atom. The third kappa shape index (κ3) is 3.16. The summed E-state index contributed by atoms with van der Waals surface area (Å²) in [5.41, 5.74) is 4.89. The normalized spacial score (nSPS) is 16.2.